The topological polar surface area (TPSA) is 15.8 Å². The first-order valence-electron chi connectivity index (χ1n) is 3.51. The third-order valence-corrected chi connectivity index (χ3v) is 1.88. The molecular weight excluding hydrogens is 141 g/mol. The molecule has 0 aliphatic carbocycles. The number of aryl methyl sites for hydroxylation is 1. The van der Waals surface area contributed by atoms with Crippen LogP contribution in [0.15, 0.2) is 24.4 Å². The van der Waals surface area contributed by atoms with Gasteiger partial charge in [-0.2, -0.15) is 0 Å². The minimum Gasteiger partial charge on any atom is -0.361 e. The molecule has 0 aliphatic heterocycles. The summed E-state index contributed by atoms with van der Waals surface area (Å²) in [6.07, 6.45) is 1.75. The van der Waals surface area contributed by atoms with Gasteiger partial charge in [-0.3, -0.25) is 0 Å². The first-order valence-corrected chi connectivity index (χ1v) is 3.51. The Kier molecular flexibility index (Phi) is 1.22. The number of hydrogen-bond acceptors (Lipinski definition) is 0. The highest BCUT2D eigenvalue weighted by Crippen LogP contribution is 2.19. The van der Waals surface area contributed by atoms with Gasteiger partial charge >= 0.3 is 0 Å². The number of halogens is 1. The lowest BCUT2D eigenvalue weighted by Crippen LogP contribution is -1.79. The molecule has 1 aromatic carbocycles. The van der Waals surface area contributed by atoms with Gasteiger partial charge in [0.05, 0.1) is 5.52 Å². The van der Waals surface area contributed by atoms with E-state index >= 15 is 0 Å². The molecule has 11 heavy (non-hydrogen) atoms. The molecule has 0 saturated heterocycles. The molecule has 0 unspecified atom stereocenters. The molecule has 0 fully saturated rings. The molecule has 2 heteroatoms. The molecule has 0 bridgehead atoms. The van der Waals surface area contributed by atoms with Crippen LogP contribution in [0.25, 0.3) is 10.9 Å². The van der Waals surface area contributed by atoms with Gasteiger partial charge in [-0.15, -0.1) is 0 Å². The summed E-state index contributed by atoms with van der Waals surface area (Å²) in [6.45, 7) is 1.96. The van der Waals surface area contributed by atoms with Crippen molar-refractivity contribution in [1.82, 2.24) is 4.98 Å². The highest BCUT2D eigenvalue weighted by atomic mass is 19.1. The average molecular weight is 149 g/mol. The molecule has 2 rings (SSSR count). The van der Waals surface area contributed by atoms with E-state index < -0.39 is 0 Å². The third-order valence-electron chi connectivity index (χ3n) is 1.88. The van der Waals surface area contributed by atoms with Gasteiger partial charge < -0.3 is 4.98 Å². The van der Waals surface area contributed by atoms with Gasteiger partial charge in [-0.05, 0) is 24.6 Å². The second-order valence-electron chi connectivity index (χ2n) is 2.63. The molecule has 2 aromatic rings. The SMILES string of the molecule is Cc1ccc(F)c2cc[nH]c12. The van der Waals surface area contributed by atoms with E-state index in [4.69, 9.17) is 0 Å². The fourth-order valence-electron chi connectivity index (χ4n) is 1.27. The van der Waals surface area contributed by atoms with E-state index in [-0.39, 0.29) is 5.82 Å². The van der Waals surface area contributed by atoms with Crippen LogP contribution in [0.3, 0.4) is 0 Å². The Balaban J connectivity index is 2.96. The Bertz CT molecular complexity index is 353. The van der Waals surface area contributed by atoms with Crippen LogP contribution in [-0.2, 0) is 0 Å². The van der Waals surface area contributed by atoms with Crippen molar-refractivity contribution in [2.24, 2.45) is 0 Å². The maximum atomic E-state index is 13.0. The largest absolute Gasteiger partial charge is 0.361 e. The maximum Gasteiger partial charge on any atom is 0.132 e. The molecule has 0 amide bonds. The van der Waals surface area contributed by atoms with Crippen LogP contribution in [-0.4, -0.2) is 4.98 Å². The molecule has 1 heterocycles. The van der Waals surface area contributed by atoms with Crippen molar-refractivity contribution >= 4 is 10.9 Å². The summed E-state index contributed by atoms with van der Waals surface area (Å²) in [5, 5.41) is 0.671. The Labute approximate surface area is 63.9 Å². The Morgan fingerprint density at radius 1 is 1.27 bits per heavy atom. The van der Waals surface area contributed by atoms with Crippen LogP contribution >= 0.6 is 0 Å². The minimum atomic E-state index is -0.160. The van der Waals surface area contributed by atoms with Gasteiger partial charge in [0.15, 0.2) is 0 Å². The monoisotopic (exact) mass is 149 g/mol. The van der Waals surface area contributed by atoms with Gasteiger partial charge in [0.25, 0.3) is 0 Å². The van der Waals surface area contributed by atoms with Crippen molar-refractivity contribution < 1.29 is 4.39 Å². The summed E-state index contributed by atoms with van der Waals surface area (Å²) in [6, 6.07) is 5.01. The van der Waals surface area contributed by atoms with Gasteiger partial charge in [0.1, 0.15) is 5.82 Å². The summed E-state index contributed by atoms with van der Waals surface area (Å²) in [7, 11) is 0. The molecule has 1 aromatic heterocycles. The second-order valence-corrected chi connectivity index (χ2v) is 2.63. The van der Waals surface area contributed by atoms with Crippen molar-refractivity contribution in [2.75, 3.05) is 0 Å². The van der Waals surface area contributed by atoms with Crippen LogP contribution in [0, 0.1) is 12.7 Å². The predicted octanol–water partition coefficient (Wildman–Crippen LogP) is 2.62. The van der Waals surface area contributed by atoms with Crippen molar-refractivity contribution in [2.45, 2.75) is 6.92 Å². The fourth-order valence-corrected chi connectivity index (χ4v) is 1.27. The summed E-state index contributed by atoms with van der Waals surface area (Å²) in [4.78, 5) is 2.99. The van der Waals surface area contributed by atoms with E-state index in [0.717, 1.165) is 11.1 Å². The van der Waals surface area contributed by atoms with Gasteiger partial charge in [0, 0.05) is 11.6 Å². The van der Waals surface area contributed by atoms with E-state index in [1.54, 1.807) is 18.3 Å². The molecule has 56 valence electrons. The number of benzene rings is 1. The van der Waals surface area contributed by atoms with Crippen LogP contribution in [0.1, 0.15) is 5.56 Å². The average Bonchev–Trinajstić information content (AvgIpc) is 2.45. The van der Waals surface area contributed by atoms with Crippen molar-refractivity contribution in [3.8, 4) is 0 Å². The van der Waals surface area contributed by atoms with E-state index in [1.165, 1.54) is 6.07 Å². The lowest BCUT2D eigenvalue weighted by Gasteiger charge is -1.95. The standard InChI is InChI=1S/C9H8FN/c1-6-2-3-8(10)7-4-5-11-9(6)7/h2-5,11H,1H3. The third kappa shape index (κ3) is 0.827. The van der Waals surface area contributed by atoms with E-state index in [9.17, 15) is 4.39 Å². The summed E-state index contributed by atoms with van der Waals surface area (Å²) >= 11 is 0. The predicted molar refractivity (Wildman–Crippen MR) is 43.0 cm³/mol. The zero-order valence-electron chi connectivity index (χ0n) is 6.19. The van der Waals surface area contributed by atoms with Crippen molar-refractivity contribution in [1.29, 1.82) is 0 Å². The molecule has 0 saturated carbocycles. The Morgan fingerprint density at radius 2 is 2.09 bits per heavy atom. The first-order chi connectivity index (χ1) is 5.29. The molecule has 0 radical (unpaired) electrons. The number of fused-ring (bicyclic) bond motifs is 1. The summed E-state index contributed by atoms with van der Waals surface area (Å²) in [5.74, 6) is -0.160. The van der Waals surface area contributed by atoms with Crippen LogP contribution in [0.2, 0.25) is 0 Å². The molecule has 0 spiro atoms. The number of nitrogens with one attached hydrogen (secondary N) is 1. The van der Waals surface area contributed by atoms with Gasteiger partial charge in [0.2, 0.25) is 0 Å². The second kappa shape index (κ2) is 2.09. The maximum absolute atomic E-state index is 13.0. The number of hydrogen-bond donors (Lipinski definition) is 1. The van der Waals surface area contributed by atoms with Gasteiger partial charge in [-0.25, -0.2) is 4.39 Å². The zero-order valence-corrected chi connectivity index (χ0v) is 6.19. The smallest absolute Gasteiger partial charge is 0.132 e. The first kappa shape index (κ1) is 6.40. The Hall–Kier alpha value is -1.31. The van der Waals surface area contributed by atoms with Crippen LogP contribution < -0.4 is 0 Å². The van der Waals surface area contributed by atoms with Crippen LogP contribution in [0.5, 0.6) is 0 Å². The highest BCUT2D eigenvalue weighted by Gasteiger charge is 2.01. The molecule has 1 nitrogen and oxygen atoms in total. The normalized spacial score (nSPS) is 10.7. The number of aromatic nitrogens is 1. The Morgan fingerprint density at radius 3 is 2.82 bits per heavy atom. The number of H-pyrrole nitrogens is 1. The lowest BCUT2D eigenvalue weighted by atomic mass is 10.1. The quantitative estimate of drug-likeness (QED) is 0.592. The van der Waals surface area contributed by atoms with E-state index in [2.05, 4.69) is 4.98 Å². The molecule has 1 N–H and O–H groups in total. The fraction of sp³-hybridized carbons (Fsp3) is 0.111. The molecule has 0 atom stereocenters. The van der Waals surface area contributed by atoms with E-state index in [1.807, 2.05) is 6.92 Å². The summed E-state index contributed by atoms with van der Waals surface area (Å²) in [5.41, 5.74) is 1.97. The summed E-state index contributed by atoms with van der Waals surface area (Å²) < 4.78 is 13.0. The van der Waals surface area contributed by atoms with Crippen LogP contribution in [0.4, 0.5) is 4.39 Å². The van der Waals surface area contributed by atoms with Gasteiger partial charge in [-0.1, -0.05) is 6.07 Å². The van der Waals surface area contributed by atoms with Crippen molar-refractivity contribution in [3.63, 3.8) is 0 Å². The number of rotatable bonds is 0. The lowest BCUT2D eigenvalue weighted by molar-refractivity contribution is 0.640. The molecular formula is C9H8FN. The van der Waals surface area contributed by atoms with E-state index in [0.29, 0.717) is 5.39 Å². The molecule has 0 aliphatic rings. The highest BCUT2D eigenvalue weighted by molar-refractivity contribution is 5.82. The number of aromatic amines is 1. The van der Waals surface area contributed by atoms with Crippen molar-refractivity contribution in [3.05, 3.63) is 35.8 Å². The zero-order chi connectivity index (χ0) is 7.84. The minimum absolute atomic E-state index is 0.160.